The van der Waals surface area contributed by atoms with Crippen LogP contribution in [0.4, 0.5) is 0 Å². The first-order chi connectivity index (χ1) is 9.43. The molecule has 4 nitrogen and oxygen atoms in total. The molecule has 2 unspecified atom stereocenters. The summed E-state index contributed by atoms with van der Waals surface area (Å²) in [6, 6.07) is 0. The molecule has 0 spiro atoms. The largest absolute Gasteiger partial charge is 0.329 e. The number of nitrogens with two attached hydrogens (primary N) is 1. The van der Waals surface area contributed by atoms with Crippen LogP contribution in [0.15, 0.2) is 0 Å². The predicted octanol–water partition coefficient (Wildman–Crippen LogP) is 2.35. The molecular weight excluding hydrogens is 272 g/mol. The van der Waals surface area contributed by atoms with Crippen LogP contribution in [0.1, 0.15) is 58.8 Å². The van der Waals surface area contributed by atoms with Crippen molar-refractivity contribution in [2.45, 2.75) is 64.3 Å². The topological polar surface area (TPSA) is 63.4 Å². The van der Waals surface area contributed by atoms with Gasteiger partial charge >= 0.3 is 0 Å². The summed E-state index contributed by atoms with van der Waals surface area (Å²) in [5.41, 5.74) is 5.75. The van der Waals surface area contributed by atoms with E-state index in [9.17, 15) is 8.42 Å². The number of hydrogen-bond donors (Lipinski definition) is 1. The minimum absolute atomic E-state index is 0.318. The number of hydrogen-bond acceptors (Lipinski definition) is 3. The van der Waals surface area contributed by atoms with Crippen LogP contribution in [-0.2, 0) is 10.0 Å². The van der Waals surface area contributed by atoms with Crippen molar-refractivity contribution in [1.29, 1.82) is 0 Å². The summed E-state index contributed by atoms with van der Waals surface area (Å²) in [5.74, 6) is 1.31. The normalized spacial score (nSPS) is 31.7. The fraction of sp³-hybridized carbons (Fsp3) is 1.00. The summed E-state index contributed by atoms with van der Waals surface area (Å²) in [4.78, 5) is 0. The van der Waals surface area contributed by atoms with E-state index < -0.39 is 10.0 Å². The van der Waals surface area contributed by atoms with Crippen molar-refractivity contribution in [3.05, 3.63) is 0 Å². The fourth-order valence-electron chi connectivity index (χ4n) is 3.69. The zero-order valence-electron chi connectivity index (χ0n) is 13.0. The third kappa shape index (κ3) is 3.55. The zero-order chi connectivity index (χ0) is 14.8. The maximum absolute atomic E-state index is 12.8. The highest BCUT2D eigenvalue weighted by molar-refractivity contribution is 7.89. The van der Waals surface area contributed by atoms with Crippen molar-refractivity contribution >= 4 is 10.0 Å². The smallest absolute Gasteiger partial charge is 0.214 e. The van der Waals surface area contributed by atoms with Crippen molar-refractivity contribution in [1.82, 2.24) is 4.31 Å². The molecule has 0 amide bonds. The van der Waals surface area contributed by atoms with Crippen LogP contribution in [0.5, 0.6) is 0 Å². The minimum Gasteiger partial charge on any atom is -0.329 e. The molecule has 0 aromatic carbocycles. The van der Waals surface area contributed by atoms with Crippen LogP contribution in [0, 0.1) is 11.8 Å². The summed E-state index contributed by atoms with van der Waals surface area (Å²) in [6.45, 7) is 5.36. The van der Waals surface area contributed by atoms with E-state index in [0.29, 0.717) is 30.7 Å². The summed E-state index contributed by atoms with van der Waals surface area (Å²) >= 11 is 0. The molecule has 2 atom stereocenters. The van der Waals surface area contributed by atoms with Gasteiger partial charge in [-0.2, -0.15) is 4.31 Å². The van der Waals surface area contributed by atoms with E-state index in [-0.39, 0.29) is 5.54 Å². The van der Waals surface area contributed by atoms with Crippen LogP contribution in [-0.4, -0.2) is 37.1 Å². The lowest BCUT2D eigenvalue weighted by atomic mass is 9.76. The third-order valence-electron chi connectivity index (χ3n) is 4.88. The van der Waals surface area contributed by atoms with Gasteiger partial charge in [-0.3, -0.25) is 0 Å². The molecule has 118 valence electrons. The fourth-order valence-corrected chi connectivity index (χ4v) is 6.09. The second-order valence-electron chi connectivity index (χ2n) is 6.92. The lowest BCUT2D eigenvalue weighted by molar-refractivity contribution is 0.108. The molecule has 2 rings (SSSR count). The van der Waals surface area contributed by atoms with Gasteiger partial charge in [-0.05, 0) is 43.9 Å². The maximum atomic E-state index is 12.8. The van der Waals surface area contributed by atoms with E-state index in [1.807, 2.05) is 0 Å². The van der Waals surface area contributed by atoms with Crippen LogP contribution in [0.3, 0.4) is 0 Å². The average molecular weight is 302 g/mol. The van der Waals surface area contributed by atoms with Crippen molar-refractivity contribution in [2.75, 3.05) is 18.8 Å². The van der Waals surface area contributed by atoms with Gasteiger partial charge in [0.1, 0.15) is 0 Å². The molecule has 0 aromatic rings. The Balaban J connectivity index is 2.24. The van der Waals surface area contributed by atoms with Crippen LogP contribution in [0.25, 0.3) is 0 Å². The lowest BCUT2D eigenvalue weighted by Crippen LogP contribution is -2.59. The molecule has 0 heterocycles. The van der Waals surface area contributed by atoms with E-state index in [1.54, 1.807) is 4.31 Å². The zero-order valence-corrected chi connectivity index (χ0v) is 13.8. The Morgan fingerprint density at radius 1 is 1.30 bits per heavy atom. The molecule has 2 fully saturated rings. The molecule has 5 heteroatoms. The molecule has 2 aliphatic rings. The molecule has 0 saturated heterocycles. The van der Waals surface area contributed by atoms with Gasteiger partial charge in [0.15, 0.2) is 0 Å². The van der Waals surface area contributed by atoms with E-state index in [0.717, 1.165) is 38.5 Å². The predicted molar refractivity (Wildman–Crippen MR) is 82.9 cm³/mol. The van der Waals surface area contributed by atoms with Crippen LogP contribution in [0.2, 0.25) is 0 Å². The molecule has 0 aromatic heterocycles. The number of nitrogens with zero attached hydrogens (tertiary/aromatic N) is 1. The minimum atomic E-state index is -3.16. The Bertz CT molecular complexity index is 420. The lowest BCUT2D eigenvalue weighted by Gasteiger charge is -2.46. The first-order valence-electron chi connectivity index (χ1n) is 8.14. The third-order valence-corrected chi connectivity index (χ3v) is 7.02. The quantitative estimate of drug-likeness (QED) is 0.785. The Labute approximate surface area is 124 Å². The molecule has 2 aliphatic carbocycles. The van der Waals surface area contributed by atoms with Crippen molar-refractivity contribution < 1.29 is 8.42 Å². The standard InChI is InChI=1S/C15H30N2O2S/c1-3-9-17(20(18,19)11-14-6-7-14)15(12-16)8-4-5-13(2)10-15/h13-14H,3-12,16H2,1-2H3. The van der Waals surface area contributed by atoms with Gasteiger partial charge in [-0.25, -0.2) is 8.42 Å². The second kappa shape index (κ2) is 6.32. The first-order valence-corrected chi connectivity index (χ1v) is 9.75. The van der Waals surface area contributed by atoms with Gasteiger partial charge in [0.25, 0.3) is 0 Å². The Kier molecular flexibility index (Phi) is 5.14. The highest BCUT2D eigenvalue weighted by atomic mass is 32.2. The maximum Gasteiger partial charge on any atom is 0.214 e. The molecule has 0 aliphatic heterocycles. The Morgan fingerprint density at radius 3 is 2.50 bits per heavy atom. The van der Waals surface area contributed by atoms with Crippen molar-refractivity contribution in [3.8, 4) is 0 Å². The summed E-state index contributed by atoms with van der Waals surface area (Å²) in [6.07, 6.45) is 7.16. The highest BCUT2D eigenvalue weighted by Crippen LogP contribution is 2.40. The molecule has 2 saturated carbocycles. The van der Waals surface area contributed by atoms with Gasteiger partial charge in [0.2, 0.25) is 10.0 Å². The molecule has 0 radical (unpaired) electrons. The second-order valence-corrected chi connectivity index (χ2v) is 8.86. The number of rotatable bonds is 7. The average Bonchev–Trinajstić information content (AvgIpc) is 3.18. The van der Waals surface area contributed by atoms with Crippen LogP contribution >= 0.6 is 0 Å². The van der Waals surface area contributed by atoms with Gasteiger partial charge in [0, 0.05) is 18.6 Å². The van der Waals surface area contributed by atoms with Gasteiger partial charge in [0.05, 0.1) is 5.75 Å². The van der Waals surface area contributed by atoms with E-state index in [4.69, 9.17) is 5.73 Å². The van der Waals surface area contributed by atoms with Gasteiger partial charge in [-0.15, -0.1) is 0 Å². The molecule has 2 N–H and O–H groups in total. The van der Waals surface area contributed by atoms with Gasteiger partial charge in [-0.1, -0.05) is 26.7 Å². The Morgan fingerprint density at radius 2 is 2.00 bits per heavy atom. The summed E-state index contributed by atoms with van der Waals surface area (Å²) < 4.78 is 27.4. The van der Waals surface area contributed by atoms with E-state index in [1.165, 1.54) is 6.42 Å². The summed E-state index contributed by atoms with van der Waals surface area (Å²) in [5, 5.41) is 0. The van der Waals surface area contributed by atoms with Crippen molar-refractivity contribution in [3.63, 3.8) is 0 Å². The van der Waals surface area contributed by atoms with Crippen LogP contribution < -0.4 is 5.73 Å². The SMILES string of the molecule is CCCN(C1(CN)CCCC(C)C1)S(=O)(=O)CC1CC1. The highest BCUT2D eigenvalue weighted by Gasteiger charge is 2.45. The summed E-state index contributed by atoms with van der Waals surface area (Å²) in [7, 11) is -3.16. The Hall–Kier alpha value is -0.130. The molecular formula is C15H30N2O2S. The molecule has 0 bridgehead atoms. The van der Waals surface area contributed by atoms with E-state index in [2.05, 4.69) is 13.8 Å². The van der Waals surface area contributed by atoms with E-state index >= 15 is 0 Å². The molecule has 20 heavy (non-hydrogen) atoms. The first kappa shape index (κ1) is 16.2. The van der Waals surface area contributed by atoms with Gasteiger partial charge < -0.3 is 5.73 Å². The van der Waals surface area contributed by atoms with Crippen molar-refractivity contribution in [2.24, 2.45) is 17.6 Å². The monoisotopic (exact) mass is 302 g/mol. The number of sulfonamides is 1.